The van der Waals surface area contributed by atoms with E-state index in [2.05, 4.69) is 146 Å². The van der Waals surface area contributed by atoms with Gasteiger partial charge in [-0.25, -0.2) is 9.37 Å². The number of halogens is 1. The summed E-state index contributed by atoms with van der Waals surface area (Å²) in [5, 5.41) is 2.10. The fourth-order valence-electron chi connectivity index (χ4n) is 16.7. The number of fused-ring (bicyclic) bond motifs is 9. The highest BCUT2D eigenvalue weighted by Gasteiger charge is 2.70. The molecule has 7 aliphatic rings. The molecule has 6 aliphatic carbocycles. The molecule has 4 saturated carbocycles. The van der Waals surface area contributed by atoms with Gasteiger partial charge in [-0.2, -0.15) is 0 Å². The predicted molar refractivity (Wildman–Crippen MR) is 293 cm³/mol. The van der Waals surface area contributed by atoms with E-state index in [1.54, 1.807) is 5.57 Å². The topological polar surface area (TPSA) is 72.0 Å². The highest BCUT2D eigenvalue weighted by molar-refractivity contribution is 6.08. The first-order chi connectivity index (χ1) is 34.5. The Bertz CT molecular complexity index is 2930. The highest BCUT2D eigenvalue weighted by Crippen LogP contribution is 2.76. The molecule has 0 unspecified atom stereocenters. The van der Waals surface area contributed by atoms with Crippen molar-refractivity contribution in [3.8, 4) is 22.5 Å². The van der Waals surface area contributed by atoms with Crippen LogP contribution in [-0.4, -0.2) is 44.2 Å². The minimum Gasteiger partial charge on any atom is -1.00 e. The van der Waals surface area contributed by atoms with Crippen molar-refractivity contribution in [1.82, 2.24) is 4.58 Å². The third-order valence-corrected chi connectivity index (χ3v) is 21.2. The van der Waals surface area contributed by atoms with Gasteiger partial charge in [0.2, 0.25) is 5.36 Å². The van der Waals surface area contributed by atoms with E-state index in [9.17, 15) is 4.79 Å². The monoisotopic (exact) mass is 1010 g/mol. The van der Waals surface area contributed by atoms with E-state index in [0.29, 0.717) is 35.8 Å². The van der Waals surface area contributed by atoms with Crippen molar-refractivity contribution < 1.29 is 35.9 Å². The largest absolute Gasteiger partial charge is 1.00 e. The average molecular weight is 1010 g/mol. The zero-order chi connectivity index (χ0) is 51.0. The number of esters is 2. The maximum absolute atomic E-state index is 15.1. The van der Waals surface area contributed by atoms with Crippen LogP contribution >= 0.6 is 0 Å². The Labute approximate surface area is 443 Å². The molecule has 0 spiro atoms. The number of ether oxygens (including phenoxy) is 2. The molecule has 1 aliphatic heterocycles. The van der Waals surface area contributed by atoms with E-state index in [1.807, 2.05) is 36.4 Å². The molecule has 10 atom stereocenters. The molecular weight excluding hydrogens is 924 g/mol. The Morgan fingerprint density at radius 3 is 2.21 bits per heavy atom. The van der Waals surface area contributed by atoms with Gasteiger partial charge in [0.05, 0.1) is 17.0 Å². The number of anilines is 1. The molecule has 0 N–H and O–H groups in total. The first kappa shape index (κ1) is 53.0. The van der Waals surface area contributed by atoms with Gasteiger partial charge in [-0.1, -0.05) is 109 Å². The lowest BCUT2D eigenvalue weighted by Gasteiger charge is -2.71. The second-order valence-electron chi connectivity index (χ2n) is 24.3. The van der Waals surface area contributed by atoms with Crippen LogP contribution in [0.3, 0.4) is 0 Å². The second kappa shape index (κ2) is 20.0. The predicted octanol–water partition coefficient (Wildman–Crippen LogP) is 11.8. The van der Waals surface area contributed by atoms with Crippen molar-refractivity contribution in [2.75, 3.05) is 31.1 Å². The number of carbonyl (C=O) groups excluding carboxylic acids is 2. The van der Waals surface area contributed by atoms with Gasteiger partial charge in [0.25, 0.3) is 0 Å². The minimum atomic E-state index is -0.474. The number of allylic oxidation sites excluding steroid dienone is 2. The number of rotatable bonds is 11. The lowest BCUT2D eigenvalue weighted by molar-refractivity contribution is -0.208. The second-order valence-corrected chi connectivity index (χ2v) is 24.3. The van der Waals surface area contributed by atoms with Gasteiger partial charge in [-0.05, 0) is 167 Å². The van der Waals surface area contributed by atoms with Gasteiger partial charge in [0.1, 0.15) is 37.1 Å². The standard InChI is InChI=1S/C65H83N2O5.ClH/c1-12-66(13-2)45-25-27-49-52(39-45)71-53-40-46(67(14-3)15-4)26-28-50(53)57(49)47-23-19-20-24-48(47)59(68)72-56-33-34-62(9)54(61(56,7)8)32-35-64(11)55(62)30-29-51-58-43(6)42(5)31-36-65(58,38-37-63(51,64)10)60(69)70-41-44-21-17-16-18-22-44;/h16-29,39-40,42-43,54-56,58H,12-15,30-38,41H2,1-11H3;1H/q+1;/p-1/t42-,43+,54+,55-,56+,58+,62+,63-,64-,65+;/m1./s1. The number of hydrogen-bond donors (Lipinski definition) is 0. The summed E-state index contributed by atoms with van der Waals surface area (Å²) in [5.41, 5.74) is 7.37. The molecule has 0 amide bonds. The van der Waals surface area contributed by atoms with Crippen LogP contribution in [0.15, 0.2) is 107 Å². The summed E-state index contributed by atoms with van der Waals surface area (Å²) in [7, 11) is 0. The van der Waals surface area contributed by atoms with Crippen LogP contribution in [0, 0.1) is 56.7 Å². The smallest absolute Gasteiger partial charge is 0.339 e. The molecule has 10 rings (SSSR count). The van der Waals surface area contributed by atoms with E-state index < -0.39 is 5.41 Å². The van der Waals surface area contributed by atoms with Crippen LogP contribution in [0.4, 0.5) is 5.69 Å². The Morgan fingerprint density at radius 1 is 0.753 bits per heavy atom. The molecule has 73 heavy (non-hydrogen) atoms. The Morgan fingerprint density at radius 2 is 1.48 bits per heavy atom. The number of benzene rings is 4. The maximum Gasteiger partial charge on any atom is 0.339 e. The summed E-state index contributed by atoms with van der Waals surface area (Å²) in [6.07, 6.45) is 11.4. The highest BCUT2D eigenvalue weighted by atomic mass is 35.5. The van der Waals surface area contributed by atoms with Gasteiger partial charge < -0.3 is 31.2 Å². The summed E-state index contributed by atoms with van der Waals surface area (Å²) < 4.78 is 22.4. The summed E-state index contributed by atoms with van der Waals surface area (Å²) >= 11 is 0. The van der Waals surface area contributed by atoms with Crippen LogP contribution in [0.1, 0.15) is 150 Å². The summed E-state index contributed by atoms with van der Waals surface area (Å²) in [6.45, 7) is 30.1. The van der Waals surface area contributed by atoms with Crippen molar-refractivity contribution >= 4 is 28.6 Å². The average Bonchev–Trinajstić information content (AvgIpc) is 3.38. The van der Waals surface area contributed by atoms with E-state index in [1.165, 1.54) is 0 Å². The fraction of sp³-hybridized carbons (Fsp3) is 0.554. The number of nitrogens with zero attached hydrogens (tertiary/aromatic N) is 2. The van der Waals surface area contributed by atoms with Crippen LogP contribution in [0.25, 0.3) is 33.4 Å². The molecular formula is C65H83ClN2O5. The normalized spacial score (nSPS) is 31.1. The summed E-state index contributed by atoms with van der Waals surface area (Å²) in [4.78, 5) is 32.1. The molecule has 0 saturated heterocycles. The van der Waals surface area contributed by atoms with Crippen molar-refractivity contribution in [3.63, 3.8) is 0 Å². The van der Waals surface area contributed by atoms with Crippen LogP contribution in [-0.2, 0) is 20.9 Å². The molecule has 4 fully saturated rings. The Hall–Kier alpha value is -4.88. The molecule has 7 nitrogen and oxygen atoms in total. The maximum atomic E-state index is 15.1. The summed E-state index contributed by atoms with van der Waals surface area (Å²) in [5.74, 6) is 2.58. The lowest BCUT2D eigenvalue weighted by atomic mass is 9.33. The molecule has 8 heteroatoms. The van der Waals surface area contributed by atoms with E-state index in [0.717, 1.165) is 134 Å². The van der Waals surface area contributed by atoms with Crippen molar-refractivity contribution in [3.05, 3.63) is 119 Å². The molecule has 0 aromatic heterocycles. The van der Waals surface area contributed by atoms with Crippen molar-refractivity contribution in [2.45, 2.75) is 147 Å². The minimum absolute atomic E-state index is 0. The van der Waals surface area contributed by atoms with Gasteiger partial charge in [-0.15, -0.1) is 0 Å². The van der Waals surface area contributed by atoms with Gasteiger partial charge in [0, 0.05) is 52.8 Å². The van der Waals surface area contributed by atoms with Crippen LogP contribution in [0.2, 0.25) is 0 Å². The molecule has 3 aromatic rings. The SMILES string of the molecule is CCN(CC)c1ccc2c(-c3ccccc3C(=O)O[C@H]3CC[C@]4(C)[C@H]5CC=C6[C@@H]7[C@@H](C)[C@H](C)CC[C@]7(C(=O)OCc7ccccc7)CC[C@@]6(C)[C@]5(C)CC[C@H]4C3(C)C)c3ccc(=[N+](CC)CC)cc-3oc2c1.[Cl-]. The third kappa shape index (κ3) is 8.40. The lowest BCUT2D eigenvalue weighted by Crippen LogP contribution is -3.00. The van der Waals surface area contributed by atoms with E-state index in [-0.39, 0.29) is 58.0 Å². The van der Waals surface area contributed by atoms with E-state index in [4.69, 9.17) is 13.9 Å². The zero-order valence-electron chi connectivity index (χ0n) is 45.9. The zero-order valence-corrected chi connectivity index (χ0v) is 46.7. The first-order valence-corrected chi connectivity index (χ1v) is 28.0. The Balaban J connectivity index is 0.00000656. The number of hydrogen-bond acceptors (Lipinski definition) is 6. The van der Waals surface area contributed by atoms with Crippen molar-refractivity contribution in [1.29, 1.82) is 0 Å². The molecule has 390 valence electrons. The van der Waals surface area contributed by atoms with Crippen LogP contribution in [0.5, 0.6) is 0 Å². The molecule has 0 bridgehead atoms. The fourth-order valence-corrected chi connectivity index (χ4v) is 16.7. The van der Waals surface area contributed by atoms with Gasteiger partial charge in [-0.3, -0.25) is 4.79 Å². The third-order valence-electron chi connectivity index (χ3n) is 21.2. The quantitative estimate of drug-likeness (QED) is 0.0568. The molecule has 1 heterocycles. The Kier molecular flexibility index (Phi) is 14.5. The van der Waals surface area contributed by atoms with Crippen molar-refractivity contribution in [2.24, 2.45) is 56.7 Å². The van der Waals surface area contributed by atoms with Gasteiger partial charge in [0.15, 0.2) is 0 Å². The number of carbonyl (C=O) groups is 2. The first-order valence-electron chi connectivity index (χ1n) is 28.0. The molecule has 0 radical (unpaired) electrons. The molecule has 3 aromatic carbocycles. The van der Waals surface area contributed by atoms with E-state index >= 15 is 4.79 Å². The van der Waals surface area contributed by atoms with Crippen LogP contribution < -0.4 is 27.2 Å². The summed E-state index contributed by atoms with van der Waals surface area (Å²) in [6, 6.07) is 31.3. The van der Waals surface area contributed by atoms with Gasteiger partial charge >= 0.3 is 11.9 Å².